The number of hydrogen-bond acceptors (Lipinski definition) is 1. The van der Waals surface area contributed by atoms with E-state index in [2.05, 4.69) is 13.8 Å². The molecule has 0 N–H and O–H groups in total. The van der Waals surface area contributed by atoms with Crippen molar-refractivity contribution in [2.45, 2.75) is 25.9 Å². The van der Waals surface area contributed by atoms with Crippen molar-refractivity contribution in [3.05, 3.63) is 6.92 Å². The summed E-state index contributed by atoms with van der Waals surface area (Å²) in [5.74, 6) is 0. The van der Waals surface area contributed by atoms with Crippen LogP contribution in [-0.2, 0) is 4.74 Å². The summed E-state index contributed by atoms with van der Waals surface area (Å²) in [6.45, 7) is 5.80. The van der Waals surface area contributed by atoms with E-state index < -0.39 is 0 Å². The van der Waals surface area contributed by atoms with Gasteiger partial charge in [-0.3, -0.25) is 0 Å². The van der Waals surface area contributed by atoms with Gasteiger partial charge in [-0.05, 0) is 6.42 Å². The summed E-state index contributed by atoms with van der Waals surface area (Å²) in [5.41, 5.74) is 0. The van der Waals surface area contributed by atoms with Gasteiger partial charge in [0.15, 0.2) is 0 Å². The maximum atomic E-state index is 4.99. The van der Waals surface area contributed by atoms with E-state index in [1.54, 1.807) is 7.11 Å². The topological polar surface area (TPSA) is 9.23 Å². The summed E-state index contributed by atoms with van der Waals surface area (Å²) < 4.78 is 4.99. The van der Waals surface area contributed by atoms with Gasteiger partial charge in [-0.25, -0.2) is 0 Å². The standard InChI is InChI=1S/C6H13O.Rf/c1-4-6(5-2)7-3;/h6H,1,4-5H2,2-3H3;/q-1;. The van der Waals surface area contributed by atoms with Crippen molar-refractivity contribution in [1.82, 2.24) is 0 Å². The fourth-order valence-electron chi connectivity index (χ4n) is 0.489. The average Bonchev–Trinajstić information content (AvgIpc) is 1.72. The van der Waals surface area contributed by atoms with Gasteiger partial charge in [0.25, 0.3) is 0 Å². The molecule has 0 aliphatic carbocycles. The van der Waals surface area contributed by atoms with Crippen LogP contribution in [0, 0.1) is 6.92 Å². The molecule has 0 aromatic rings. The van der Waals surface area contributed by atoms with Crippen LogP contribution in [0.2, 0.25) is 0 Å². The molecule has 0 saturated heterocycles. The molecular weight excluding hydrogens is 355 g/mol. The van der Waals surface area contributed by atoms with Gasteiger partial charge in [-0.15, -0.1) is 0 Å². The monoisotopic (exact) mass is 368 g/mol. The summed E-state index contributed by atoms with van der Waals surface area (Å²) in [5, 5.41) is 0. The predicted molar refractivity (Wildman–Crippen MR) is 31.1 cm³/mol. The zero-order valence-electron chi connectivity index (χ0n) is 5.81. The summed E-state index contributed by atoms with van der Waals surface area (Å²) in [6.07, 6.45) is 2.33. The van der Waals surface area contributed by atoms with Crippen molar-refractivity contribution in [1.29, 1.82) is 0 Å². The van der Waals surface area contributed by atoms with Crippen molar-refractivity contribution in [2.75, 3.05) is 7.11 Å². The molecule has 0 aliphatic heterocycles. The number of ether oxygens (including phenoxy) is 1. The minimum atomic E-state index is 0. The van der Waals surface area contributed by atoms with Crippen LogP contribution in [0.1, 0.15) is 19.8 Å². The van der Waals surface area contributed by atoms with E-state index >= 15 is 0 Å². The second kappa shape index (κ2) is 5.96. The SMILES string of the molecule is [CH2-]CC(CC)OC.[Rf]. The minimum Gasteiger partial charge on any atom is -0.384 e. The summed E-state index contributed by atoms with van der Waals surface area (Å²) in [7, 11) is 1.72. The molecule has 0 aromatic heterocycles. The molecule has 0 bridgehead atoms. The van der Waals surface area contributed by atoms with Crippen LogP contribution < -0.4 is 0 Å². The number of hydrogen-bond donors (Lipinski definition) is 0. The maximum Gasteiger partial charge on any atom is 0.0357 e. The largest absolute Gasteiger partial charge is 0.384 e. The van der Waals surface area contributed by atoms with E-state index in [9.17, 15) is 0 Å². The normalized spacial score (nSPS) is 12.4. The quantitative estimate of drug-likeness (QED) is 0.689. The Bertz CT molecular complexity index is 30.0. The molecule has 2 heteroatoms. The first-order valence-electron chi connectivity index (χ1n) is 2.67. The molecule has 0 heterocycles. The molecule has 0 aromatic carbocycles. The third kappa shape index (κ3) is 3.16. The van der Waals surface area contributed by atoms with Crippen LogP contribution in [0.5, 0.6) is 0 Å². The van der Waals surface area contributed by atoms with E-state index in [0.29, 0.717) is 6.10 Å². The van der Waals surface area contributed by atoms with Crippen molar-refractivity contribution in [2.24, 2.45) is 0 Å². The van der Waals surface area contributed by atoms with Crippen LogP contribution in [0.3, 0.4) is 0 Å². The molecule has 1 atom stereocenters. The Morgan fingerprint density at radius 1 is 1.62 bits per heavy atom. The Morgan fingerprint density at radius 3 is 2.12 bits per heavy atom. The van der Waals surface area contributed by atoms with Crippen molar-refractivity contribution in [3.63, 3.8) is 0 Å². The van der Waals surface area contributed by atoms with E-state index in [1.165, 1.54) is 0 Å². The molecule has 0 radical (unpaired) electrons. The van der Waals surface area contributed by atoms with Gasteiger partial charge in [-0.1, -0.05) is 6.92 Å². The number of rotatable bonds is 3. The molecule has 0 rings (SSSR count). The third-order valence-electron chi connectivity index (χ3n) is 1.11. The molecule has 0 aliphatic rings. The third-order valence-corrected chi connectivity index (χ3v) is 1.11. The summed E-state index contributed by atoms with van der Waals surface area (Å²) >= 11 is 0. The molecule has 0 amide bonds. The molecule has 8 heavy (non-hydrogen) atoms. The van der Waals surface area contributed by atoms with Crippen LogP contribution in [-0.4, -0.2) is 13.2 Å². The van der Waals surface area contributed by atoms with E-state index in [0.717, 1.165) is 12.8 Å². The Morgan fingerprint density at radius 2 is 2.12 bits per heavy atom. The van der Waals surface area contributed by atoms with Crippen LogP contribution in [0.4, 0.5) is 0 Å². The minimum absolute atomic E-state index is 0. The van der Waals surface area contributed by atoms with E-state index in [-0.39, 0.29) is 0 Å². The second-order valence-corrected chi connectivity index (χ2v) is 1.55. The van der Waals surface area contributed by atoms with Crippen LogP contribution in [0.25, 0.3) is 0 Å². The van der Waals surface area contributed by atoms with Crippen LogP contribution in [0.15, 0.2) is 0 Å². The first-order valence-corrected chi connectivity index (χ1v) is 2.67. The molecule has 46 valence electrons. The molecule has 0 saturated carbocycles. The zero-order chi connectivity index (χ0) is 5.70. The number of methoxy groups -OCH3 is 1. The van der Waals surface area contributed by atoms with Gasteiger partial charge >= 0.3 is 0 Å². The Labute approximate surface area is 45.7 Å². The molecule has 0 fully saturated rings. The van der Waals surface area contributed by atoms with Crippen molar-refractivity contribution >= 4 is 0 Å². The van der Waals surface area contributed by atoms with Gasteiger partial charge in [0, 0.05) is 13.2 Å². The summed E-state index contributed by atoms with van der Waals surface area (Å²) in [6, 6.07) is 0. The van der Waals surface area contributed by atoms with Gasteiger partial charge in [0.05, 0.1) is 0 Å². The molecule has 0 spiro atoms. The molecule has 1 unspecified atom stereocenters. The maximum absolute atomic E-state index is 4.99. The Kier molecular flexibility index (Phi) is 7.49. The van der Waals surface area contributed by atoms with Gasteiger partial charge in [0.1, 0.15) is 0 Å². The molecule has 1 nitrogen and oxygen atoms in total. The van der Waals surface area contributed by atoms with Gasteiger partial charge in [0.2, 0.25) is 0 Å². The van der Waals surface area contributed by atoms with Crippen LogP contribution >= 0.6 is 0 Å². The first kappa shape index (κ1) is 10.0. The second-order valence-electron chi connectivity index (χ2n) is 1.55. The first-order chi connectivity index (χ1) is 3.35. The smallest absolute Gasteiger partial charge is 0.0357 e. The Balaban J connectivity index is 0. The van der Waals surface area contributed by atoms with Crippen molar-refractivity contribution in [3.8, 4) is 0 Å². The summed E-state index contributed by atoms with van der Waals surface area (Å²) in [4.78, 5) is 0. The average molecular weight is 368 g/mol. The van der Waals surface area contributed by atoms with E-state index in [4.69, 9.17) is 4.74 Å². The predicted octanol–water partition coefficient (Wildman–Crippen LogP) is 1.64. The Hall–Kier alpha value is -1.04. The zero-order valence-corrected chi connectivity index (χ0v) is 12.2. The van der Waals surface area contributed by atoms with Gasteiger partial charge < -0.3 is 11.7 Å². The molecular formula is C6H13ORf-. The fourth-order valence-corrected chi connectivity index (χ4v) is 0.489. The van der Waals surface area contributed by atoms with Gasteiger partial charge in [-0.2, -0.15) is 6.42 Å². The fraction of sp³-hybridized carbons (Fsp3) is 0.833. The van der Waals surface area contributed by atoms with E-state index in [1.807, 2.05) is 0 Å². The van der Waals surface area contributed by atoms with Crippen molar-refractivity contribution < 1.29 is 4.74 Å².